The van der Waals surface area contributed by atoms with Gasteiger partial charge in [0.25, 0.3) is 0 Å². The normalized spacial score (nSPS) is 32.0. The maximum atomic E-state index is 5.95. The highest BCUT2D eigenvalue weighted by Crippen LogP contribution is 2.48. The van der Waals surface area contributed by atoms with Gasteiger partial charge in [-0.1, -0.05) is 41.1 Å². The molecular formula is C15H19BrO. The first kappa shape index (κ1) is 11.6. The molecule has 0 radical (unpaired) electrons. The Bertz CT molecular complexity index is 429. The van der Waals surface area contributed by atoms with Crippen molar-refractivity contribution in [3.63, 3.8) is 0 Å². The molecule has 1 aliphatic carbocycles. The standard InChI is InChI=1S/C15H19BrO/c1-15(8-7-12(16)10-15)13-6-2-4-11-5-3-9-17-14(11)13/h2,4,6,12H,3,5,7-10H2,1H3. The number of aryl methyl sites for hydroxylation is 1. The van der Waals surface area contributed by atoms with Crippen LogP contribution in [-0.4, -0.2) is 11.4 Å². The summed E-state index contributed by atoms with van der Waals surface area (Å²) >= 11 is 3.77. The Labute approximate surface area is 112 Å². The predicted molar refractivity (Wildman–Crippen MR) is 74.2 cm³/mol. The van der Waals surface area contributed by atoms with Crippen molar-refractivity contribution in [1.82, 2.24) is 0 Å². The van der Waals surface area contributed by atoms with E-state index in [1.807, 2.05) is 0 Å². The van der Waals surface area contributed by atoms with Crippen molar-refractivity contribution in [1.29, 1.82) is 0 Å². The van der Waals surface area contributed by atoms with Crippen LogP contribution in [-0.2, 0) is 11.8 Å². The van der Waals surface area contributed by atoms with E-state index in [-0.39, 0.29) is 0 Å². The third-order valence-corrected chi connectivity index (χ3v) is 5.05. The summed E-state index contributed by atoms with van der Waals surface area (Å²) in [6.07, 6.45) is 6.11. The molecule has 1 aromatic rings. The quantitative estimate of drug-likeness (QED) is 0.705. The Morgan fingerprint density at radius 1 is 1.41 bits per heavy atom. The van der Waals surface area contributed by atoms with Gasteiger partial charge in [0.05, 0.1) is 6.61 Å². The molecule has 0 aromatic heterocycles. The van der Waals surface area contributed by atoms with Gasteiger partial charge in [0.15, 0.2) is 0 Å². The highest BCUT2D eigenvalue weighted by atomic mass is 79.9. The Hall–Kier alpha value is -0.500. The van der Waals surface area contributed by atoms with E-state index >= 15 is 0 Å². The van der Waals surface area contributed by atoms with Gasteiger partial charge in [0.1, 0.15) is 5.75 Å². The topological polar surface area (TPSA) is 9.23 Å². The van der Waals surface area contributed by atoms with Gasteiger partial charge in [-0.15, -0.1) is 0 Å². The van der Waals surface area contributed by atoms with Crippen LogP contribution in [0.15, 0.2) is 18.2 Å². The van der Waals surface area contributed by atoms with E-state index in [0.29, 0.717) is 10.2 Å². The zero-order valence-electron chi connectivity index (χ0n) is 10.3. The molecule has 1 aromatic carbocycles. The average Bonchev–Trinajstić information content (AvgIpc) is 2.70. The second-order valence-electron chi connectivity index (χ2n) is 5.65. The number of ether oxygens (including phenoxy) is 1. The minimum Gasteiger partial charge on any atom is -0.493 e. The van der Waals surface area contributed by atoms with E-state index in [1.165, 1.54) is 42.6 Å². The minimum absolute atomic E-state index is 0.302. The molecule has 0 bridgehead atoms. The van der Waals surface area contributed by atoms with Crippen LogP contribution < -0.4 is 4.74 Å². The molecule has 17 heavy (non-hydrogen) atoms. The first-order valence-corrected chi connectivity index (χ1v) is 7.50. The molecule has 2 unspecified atom stereocenters. The molecule has 2 aliphatic rings. The molecule has 1 heterocycles. The first-order chi connectivity index (χ1) is 8.19. The second kappa shape index (κ2) is 4.31. The molecule has 0 spiro atoms. The fraction of sp³-hybridized carbons (Fsp3) is 0.600. The Kier molecular flexibility index (Phi) is 2.94. The van der Waals surface area contributed by atoms with Crippen molar-refractivity contribution in [2.45, 2.75) is 49.3 Å². The van der Waals surface area contributed by atoms with Crippen molar-refractivity contribution in [3.05, 3.63) is 29.3 Å². The van der Waals surface area contributed by atoms with Gasteiger partial charge in [0, 0.05) is 10.4 Å². The summed E-state index contributed by atoms with van der Waals surface area (Å²) in [6, 6.07) is 6.70. The summed E-state index contributed by atoms with van der Waals surface area (Å²) in [6.45, 7) is 3.28. The first-order valence-electron chi connectivity index (χ1n) is 6.58. The zero-order chi connectivity index (χ0) is 11.9. The van der Waals surface area contributed by atoms with Gasteiger partial charge < -0.3 is 4.74 Å². The van der Waals surface area contributed by atoms with Gasteiger partial charge in [-0.25, -0.2) is 0 Å². The number of hydrogen-bond acceptors (Lipinski definition) is 1. The highest BCUT2D eigenvalue weighted by molar-refractivity contribution is 9.09. The van der Waals surface area contributed by atoms with Crippen molar-refractivity contribution in [3.8, 4) is 5.75 Å². The summed E-state index contributed by atoms with van der Waals surface area (Å²) in [4.78, 5) is 0.673. The lowest BCUT2D eigenvalue weighted by atomic mass is 9.79. The molecule has 92 valence electrons. The number of para-hydroxylation sites is 1. The molecule has 1 fully saturated rings. The van der Waals surface area contributed by atoms with Crippen LogP contribution in [0, 0.1) is 0 Å². The summed E-state index contributed by atoms with van der Waals surface area (Å²) in [5.41, 5.74) is 3.15. The third kappa shape index (κ3) is 2.01. The van der Waals surface area contributed by atoms with E-state index in [4.69, 9.17) is 4.74 Å². The zero-order valence-corrected chi connectivity index (χ0v) is 11.9. The van der Waals surface area contributed by atoms with Gasteiger partial charge >= 0.3 is 0 Å². The molecule has 0 N–H and O–H groups in total. The Morgan fingerprint density at radius 3 is 3.06 bits per heavy atom. The monoisotopic (exact) mass is 294 g/mol. The third-order valence-electron chi connectivity index (χ3n) is 4.27. The molecular weight excluding hydrogens is 276 g/mol. The van der Waals surface area contributed by atoms with Crippen molar-refractivity contribution < 1.29 is 4.74 Å². The fourth-order valence-corrected chi connectivity index (χ4v) is 4.22. The van der Waals surface area contributed by atoms with Gasteiger partial charge in [-0.2, -0.15) is 0 Å². The minimum atomic E-state index is 0.302. The van der Waals surface area contributed by atoms with Crippen LogP contribution in [0.1, 0.15) is 43.7 Å². The SMILES string of the molecule is CC1(c2cccc3c2OCCC3)CCC(Br)C1. The lowest BCUT2D eigenvalue weighted by Gasteiger charge is -2.30. The second-order valence-corrected chi connectivity index (χ2v) is 6.94. The van der Waals surface area contributed by atoms with Gasteiger partial charge in [-0.05, 0) is 43.1 Å². The van der Waals surface area contributed by atoms with Crippen molar-refractivity contribution >= 4 is 15.9 Å². The van der Waals surface area contributed by atoms with E-state index in [2.05, 4.69) is 41.1 Å². The number of halogens is 1. The van der Waals surface area contributed by atoms with Gasteiger partial charge in [0.2, 0.25) is 0 Å². The van der Waals surface area contributed by atoms with E-state index < -0.39 is 0 Å². The molecule has 1 saturated carbocycles. The van der Waals surface area contributed by atoms with E-state index in [0.717, 1.165) is 13.0 Å². The van der Waals surface area contributed by atoms with Crippen molar-refractivity contribution in [2.75, 3.05) is 6.61 Å². The maximum Gasteiger partial charge on any atom is 0.126 e. The summed E-state index contributed by atoms with van der Waals surface area (Å²) in [7, 11) is 0. The van der Waals surface area contributed by atoms with Crippen LogP contribution >= 0.6 is 15.9 Å². The lowest BCUT2D eigenvalue weighted by Crippen LogP contribution is -2.21. The Morgan fingerprint density at radius 2 is 2.29 bits per heavy atom. The van der Waals surface area contributed by atoms with Crippen LogP contribution in [0.2, 0.25) is 0 Å². The van der Waals surface area contributed by atoms with Crippen LogP contribution in [0.4, 0.5) is 0 Å². The summed E-state index contributed by atoms with van der Waals surface area (Å²) < 4.78 is 5.95. The van der Waals surface area contributed by atoms with Crippen LogP contribution in [0.3, 0.4) is 0 Å². The molecule has 0 saturated heterocycles. The van der Waals surface area contributed by atoms with Crippen LogP contribution in [0.25, 0.3) is 0 Å². The Balaban J connectivity index is 2.03. The number of fused-ring (bicyclic) bond motifs is 1. The molecule has 0 amide bonds. The maximum absolute atomic E-state index is 5.95. The molecule has 3 rings (SSSR count). The molecule has 1 nitrogen and oxygen atoms in total. The van der Waals surface area contributed by atoms with E-state index in [9.17, 15) is 0 Å². The van der Waals surface area contributed by atoms with Crippen LogP contribution in [0.5, 0.6) is 5.75 Å². The largest absolute Gasteiger partial charge is 0.493 e. The summed E-state index contributed by atoms with van der Waals surface area (Å²) in [5, 5.41) is 0. The number of rotatable bonds is 1. The average molecular weight is 295 g/mol. The predicted octanol–water partition coefficient (Wildman–Crippen LogP) is 4.22. The summed E-state index contributed by atoms with van der Waals surface area (Å²) in [5.74, 6) is 1.20. The highest BCUT2D eigenvalue weighted by Gasteiger charge is 2.38. The number of benzene rings is 1. The molecule has 1 aliphatic heterocycles. The molecule has 2 atom stereocenters. The fourth-order valence-electron chi connectivity index (χ4n) is 3.28. The van der Waals surface area contributed by atoms with E-state index in [1.54, 1.807) is 0 Å². The van der Waals surface area contributed by atoms with Crippen molar-refractivity contribution in [2.24, 2.45) is 0 Å². The number of hydrogen-bond donors (Lipinski definition) is 0. The smallest absolute Gasteiger partial charge is 0.126 e. The molecule has 2 heteroatoms. The lowest BCUT2D eigenvalue weighted by molar-refractivity contribution is 0.277. The number of alkyl halides is 1. The van der Waals surface area contributed by atoms with Gasteiger partial charge in [-0.3, -0.25) is 0 Å².